The molecule has 0 spiro atoms. The molecule has 1 aromatic heterocycles. The Morgan fingerprint density at radius 1 is 1.37 bits per heavy atom. The highest BCUT2D eigenvalue weighted by molar-refractivity contribution is 5.52. The van der Waals surface area contributed by atoms with Crippen molar-refractivity contribution in [2.24, 2.45) is 5.41 Å². The van der Waals surface area contributed by atoms with Gasteiger partial charge in [-0.05, 0) is 44.2 Å². The maximum atomic E-state index is 4.31. The van der Waals surface area contributed by atoms with Crippen LogP contribution < -0.4 is 10.2 Å². The minimum Gasteiger partial charge on any atom is -0.369 e. The fraction of sp³-hybridized carbons (Fsp3) is 0.688. The van der Waals surface area contributed by atoms with E-state index in [2.05, 4.69) is 55.9 Å². The maximum Gasteiger partial charge on any atom is 0.0598 e. The highest BCUT2D eigenvalue weighted by atomic mass is 15.2. The van der Waals surface area contributed by atoms with E-state index in [9.17, 15) is 0 Å². The van der Waals surface area contributed by atoms with Gasteiger partial charge in [-0.3, -0.25) is 4.98 Å². The van der Waals surface area contributed by atoms with E-state index in [4.69, 9.17) is 0 Å². The summed E-state index contributed by atoms with van der Waals surface area (Å²) in [5.41, 5.74) is 3.21. The fourth-order valence-electron chi connectivity index (χ4n) is 2.53. The summed E-state index contributed by atoms with van der Waals surface area (Å²) >= 11 is 0. The van der Waals surface area contributed by atoms with Gasteiger partial charge in [0.1, 0.15) is 0 Å². The molecule has 19 heavy (non-hydrogen) atoms. The SMILES string of the molecule is CC1(C)CCN(c2cnccc2CNC(C)(C)C)C1. The van der Waals surface area contributed by atoms with Gasteiger partial charge in [-0.15, -0.1) is 0 Å². The van der Waals surface area contributed by atoms with Gasteiger partial charge in [-0.1, -0.05) is 13.8 Å². The smallest absolute Gasteiger partial charge is 0.0598 e. The highest BCUT2D eigenvalue weighted by Gasteiger charge is 2.30. The second-order valence-corrected chi connectivity index (χ2v) is 7.44. The Hall–Kier alpha value is -1.09. The summed E-state index contributed by atoms with van der Waals surface area (Å²) in [5.74, 6) is 0. The molecule has 2 heterocycles. The van der Waals surface area contributed by atoms with Crippen LogP contribution in [-0.4, -0.2) is 23.6 Å². The van der Waals surface area contributed by atoms with Crippen LogP contribution in [0.5, 0.6) is 0 Å². The number of pyridine rings is 1. The van der Waals surface area contributed by atoms with Gasteiger partial charge in [0.05, 0.1) is 11.9 Å². The van der Waals surface area contributed by atoms with Gasteiger partial charge in [0.25, 0.3) is 0 Å². The number of nitrogens with zero attached hydrogens (tertiary/aromatic N) is 2. The summed E-state index contributed by atoms with van der Waals surface area (Å²) in [4.78, 5) is 6.79. The summed E-state index contributed by atoms with van der Waals surface area (Å²) in [5, 5.41) is 3.57. The van der Waals surface area contributed by atoms with E-state index >= 15 is 0 Å². The lowest BCUT2D eigenvalue weighted by molar-refractivity contribution is 0.417. The van der Waals surface area contributed by atoms with Gasteiger partial charge in [0, 0.05) is 31.4 Å². The Kier molecular flexibility index (Phi) is 3.86. The van der Waals surface area contributed by atoms with E-state index in [1.54, 1.807) is 0 Å². The molecule has 1 saturated heterocycles. The molecule has 1 fully saturated rings. The molecule has 0 radical (unpaired) electrons. The summed E-state index contributed by atoms with van der Waals surface area (Å²) in [7, 11) is 0. The number of anilines is 1. The number of nitrogens with one attached hydrogen (secondary N) is 1. The van der Waals surface area contributed by atoms with Crippen LogP contribution in [0.15, 0.2) is 18.5 Å². The van der Waals surface area contributed by atoms with Crippen LogP contribution in [0.3, 0.4) is 0 Å². The quantitative estimate of drug-likeness (QED) is 0.905. The molecule has 2 rings (SSSR count). The van der Waals surface area contributed by atoms with Gasteiger partial charge >= 0.3 is 0 Å². The summed E-state index contributed by atoms with van der Waals surface area (Å²) < 4.78 is 0. The van der Waals surface area contributed by atoms with Crippen LogP contribution in [0, 0.1) is 5.41 Å². The van der Waals surface area contributed by atoms with Gasteiger partial charge in [-0.25, -0.2) is 0 Å². The van der Waals surface area contributed by atoms with Crippen LogP contribution in [-0.2, 0) is 6.54 Å². The highest BCUT2D eigenvalue weighted by Crippen LogP contribution is 2.33. The summed E-state index contributed by atoms with van der Waals surface area (Å²) in [6.07, 6.45) is 5.17. The Balaban J connectivity index is 2.13. The molecular formula is C16H27N3. The number of hydrogen-bond acceptors (Lipinski definition) is 3. The standard InChI is InChI=1S/C16H27N3/c1-15(2,3)18-10-13-6-8-17-11-14(13)19-9-7-16(4,5)12-19/h6,8,11,18H,7,9-10,12H2,1-5H3. The number of rotatable bonds is 3. The molecule has 1 aromatic rings. The summed E-state index contributed by atoms with van der Waals surface area (Å²) in [6.45, 7) is 14.5. The molecule has 3 nitrogen and oxygen atoms in total. The zero-order valence-corrected chi connectivity index (χ0v) is 13.0. The third-order valence-electron chi connectivity index (χ3n) is 3.71. The first kappa shape index (κ1) is 14.3. The average Bonchev–Trinajstić information content (AvgIpc) is 2.66. The van der Waals surface area contributed by atoms with Crippen molar-refractivity contribution in [1.82, 2.24) is 10.3 Å². The first-order chi connectivity index (χ1) is 8.77. The minimum atomic E-state index is 0.144. The van der Waals surface area contributed by atoms with Crippen molar-refractivity contribution in [1.29, 1.82) is 0 Å². The zero-order chi connectivity index (χ0) is 14.1. The molecule has 1 aliphatic rings. The molecule has 0 saturated carbocycles. The molecule has 1 N–H and O–H groups in total. The third kappa shape index (κ3) is 3.93. The van der Waals surface area contributed by atoms with Crippen LogP contribution in [0.4, 0.5) is 5.69 Å². The maximum absolute atomic E-state index is 4.31. The van der Waals surface area contributed by atoms with Crippen molar-refractivity contribution >= 4 is 5.69 Å². The predicted octanol–water partition coefficient (Wildman–Crippen LogP) is 3.21. The van der Waals surface area contributed by atoms with Crippen molar-refractivity contribution in [2.75, 3.05) is 18.0 Å². The average molecular weight is 261 g/mol. The Morgan fingerprint density at radius 3 is 2.68 bits per heavy atom. The Morgan fingerprint density at radius 2 is 2.11 bits per heavy atom. The van der Waals surface area contributed by atoms with E-state index in [-0.39, 0.29) is 5.54 Å². The van der Waals surface area contributed by atoms with Crippen molar-refractivity contribution in [3.05, 3.63) is 24.0 Å². The van der Waals surface area contributed by atoms with E-state index in [0.29, 0.717) is 5.41 Å². The first-order valence-corrected chi connectivity index (χ1v) is 7.20. The number of aromatic nitrogens is 1. The van der Waals surface area contributed by atoms with Crippen LogP contribution >= 0.6 is 0 Å². The second-order valence-electron chi connectivity index (χ2n) is 7.44. The monoisotopic (exact) mass is 261 g/mol. The van der Waals surface area contributed by atoms with Crippen LogP contribution in [0.2, 0.25) is 0 Å². The van der Waals surface area contributed by atoms with E-state index < -0.39 is 0 Å². The van der Waals surface area contributed by atoms with Crippen LogP contribution in [0.1, 0.15) is 46.6 Å². The molecule has 0 amide bonds. The van der Waals surface area contributed by atoms with Crippen molar-refractivity contribution in [3.8, 4) is 0 Å². The Bertz CT molecular complexity index is 432. The molecule has 0 aromatic carbocycles. The zero-order valence-electron chi connectivity index (χ0n) is 13.0. The molecule has 0 atom stereocenters. The first-order valence-electron chi connectivity index (χ1n) is 7.20. The third-order valence-corrected chi connectivity index (χ3v) is 3.71. The molecule has 0 unspecified atom stereocenters. The van der Waals surface area contributed by atoms with Crippen molar-refractivity contribution in [2.45, 2.75) is 53.1 Å². The lowest BCUT2D eigenvalue weighted by Crippen LogP contribution is -2.35. The lowest BCUT2D eigenvalue weighted by atomic mass is 9.93. The molecule has 1 aliphatic heterocycles. The molecule has 0 bridgehead atoms. The molecule has 3 heteroatoms. The normalized spacial score (nSPS) is 18.9. The second kappa shape index (κ2) is 5.12. The molecule has 0 aliphatic carbocycles. The number of hydrogen-bond donors (Lipinski definition) is 1. The van der Waals surface area contributed by atoms with Crippen molar-refractivity contribution < 1.29 is 0 Å². The van der Waals surface area contributed by atoms with Gasteiger partial charge < -0.3 is 10.2 Å². The minimum absolute atomic E-state index is 0.144. The van der Waals surface area contributed by atoms with E-state index in [0.717, 1.165) is 19.6 Å². The molecular weight excluding hydrogens is 234 g/mol. The van der Waals surface area contributed by atoms with Gasteiger partial charge in [0.2, 0.25) is 0 Å². The van der Waals surface area contributed by atoms with Crippen LogP contribution in [0.25, 0.3) is 0 Å². The van der Waals surface area contributed by atoms with Crippen molar-refractivity contribution in [3.63, 3.8) is 0 Å². The topological polar surface area (TPSA) is 28.2 Å². The van der Waals surface area contributed by atoms with E-state index in [1.807, 2.05) is 12.4 Å². The van der Waals surface area contributed by atoms with Gasteiger partial charge in [0.15, 0.2) is 0 Å². The lowest BCUT2D eigenvalue weighted by Gasteiger charge is -2.26. The van der Waals surface area contributed by atoms with Gasteiger partial charge in [-0.2, -0.15) is 0 Å². The van der Waals surface area contributed by atoms with E-state index in [1.165, 1.54) is 17.7 Å². The fourth-order valence-corrected chi connectivity index (χ4v) is 2.53. The Labute approximate surface area is 117 Å². The molecule has 106 valence electrons. The predicted molar refractivity (Wildman–Crippen MR) is 81.4 cm³/mol. The summed E-state index contributed by atoms with van der Waals surface area (Å²) in [6, 6.07) is 2.14. The largest absolute Gasteiger partial charge is 0.369 e.